The van der Waals surface area contributed by atoms with Crippen LogP contribution in [-0.2, 0) is 6.54 Å². The maximum absolute atomic E-state index is 12.2. The molecule has 6 nitrogen and oxygen atoms in total. The van der Waals surface area contributed by atoms with Gasteiger partial charge in [0.25, 0.3) is 0 Å². The van der Waals surface area contributed by atoms with Gasteiger partial charge in [0.15, 0.2) is 0 Å². The van der Waals surface area contributed by atoms with E-state index in [1.807, 2.05) is 18.2 Å². The van der Waals surface area contributed by atoms with Gasteiger partial charge in [-0.3, -0.25) is 9.47 Å². The van der Waals surface area contributed by atoms with Crippen molar-refractivity contribution in [3.63, 3.8) is 0 Å². The van der Waals surface area contributed by atoms with Gasteiger partial charge in [-0.05, 0) is 30.3 Å². The van der Waals surface area contributed by atoms with Gasteiger partial charge >= 0.3 is 5.69 Å². The third-order valence-electron chi connectivity index (χ3n) is 4.96. The summed E-state index contributed by atoms with van der Waals surface area (Å²) in [6.45, 7) is 5.02. The molecule has 2 aromatic carbocycles. The number of para-hydroxylation sites is 1. The number of nitrogens with zero attached hydrogens (tertiary/aromatic N) is 3. The summed E-state index contributed by atoms with van der Waals surface area (Å²) in [4.78, 5) is 19.7. The molecule has 2 heterocycles. The first-order valence-corrected chi connectivity index (χ1v) is 9.13. The van der Waals surface area contributed by atoms with Crippen molar-refractivity contribution in [2.24, 2.45) is 0 Å². The van der Waals surface area contributed by atoms with Crippen molar-refractivity contribution in [2.45, 2.75) is 6.54 Å². The number of fused-ring (bicyclic) bond motifs is 1. The zero-order valence-electron chi connectivity index (χ0n) is 14.4. The van der Waals surface area contributed by atoms with E-state index in [2.05, 4.69) is 20.9 Å². The number of aromatic nitrogens is 2. The smallest absolute Gasteiger partial charge is 0.326 e. The molecule has 0 spiro atoms. The summed E-state index contributed by atoms with van der Waals surface area (Å²) in [5.74, 6) is 0.131. The van der Waals surface area contributed by atoms with Gasteiger partial charge in [0.2, 0.25) is 0 Å². The number of phenols is 1. The first kappa shape index (κ1) is 17.0. The third-order valence-corrected chi connectivity index (χ3v) is 5.19. The number of halogens is 1. The molecule has 3 aromatic rings. The Hall–Kier alpha value is -2.44. The lowest BCUT2D eigenvalue weighted by atomic mass is 10.2. The highest BCUT2D eigenvalue weighted by molar-refractivity contribution is 6.30. The summed E-state index contributed by atoms with van der Waals surface area (Å²) in [6.07, 6.45) is 0. The van der Waals surface area contributed by atoms with Gasteiger partial charge in [-0.2, -0.15) is 0 Å². The van der Waals surface area contributed by atoms with Crippen LogP contribution in [0.5, 0.6) is 5.75 Å². The van der Waals surface area contributed by atoms with Crippen molar-refractivity contribution in [3.05, 3.63) is 58.0 Å². The Bertz CT molecular complexity index is 973. The van der Waals surface area contributed by atoms with E-state index in [1.165, 1.54) is 0 Å². The van der Waals surface area contributed by atoms with Gasteiger partial charge in [0.05, 0.1) is 5.52 Å². The number of hydrogen-bond donors (Lipinski definition) is 2. The van der Waals surface area contributed by atoms with E-state index in [0.717, 1.165) is 43.4 Å². The third kappa shape index (κ3) is 3.30. The number of nitrogens with one attached hydrogen (secondary N) is 1. The van der Waals surface area contributed by atoms with Crippen molar-refractivity contribution in [1.29, 1.82) is 0 Å². The molecule has 0 radical (unpaired) electrons. The van der Waals surface area contributed by atoms with E-state index in [-0.39, 0.29) is 11.4 Å². The van der Waals surface area contributed by atoms with Gasteiger partial charge in [-0.1, -0.05) is 23.7 Å². The van der Waals surface area contributed by atoms with E-state index < -0.39 is 0 Å². The molecular formula is C19H21ClN4O2. The van der Waals surface area contributed by atoms with Gasteiger partial charge < -0.3 is 15.0 Å². The van der Waals surface area contributed by atoms with Crippen LogP contribution in [0.3, 0.4) is 0 Å². The second kappa shape index (κ2) is 7.05. The molecular weight excluding hydrogens is 352 g/mol. The number of rotatable bonds is 4. The van der Waals surface area contributed by atoms with Crippen molar-refractivity contribution < 1.29 is 5.11 Å². The largest absolute Gasteiger partial charge is 0.506 e. The molecule has 1 fully saturated rings. The van der Waals surface area contributed by atoms with Crippen molar-refractivity contribution in [2.75, 3.05) is 37.6 Å². The molecule has 7 heteroatoms. The predicted octanol–water partition coefficient (Wildman–Crippen LogP) is 2.51. The van der Waals surface area contributed by atoms with Crippen LogP contribution in [0.25, 0.3) is 11.0 Å². The van der Waals surface area contributed by atoms with E-state index in [1.54, 1.807) is 22.8 Å². The monoisotopic (exact) mass is 372 g/mol. The fraction of sp³-hybridized carbons (Fsp3) is 0.316. The van der Waals surface area contributed by atoms with Crippen LogP contribution in [0.4, 0.5) is 5.69 Å². The van der Waals surface area contributed by atoms with Crippen molar-refractivity contribution in [1.82, 2.24) is 14.5 Å². The van der Waals surface area contributed by atoms with Gasteiger partial charge in [0.1, 0.15) is 11.3 Å². The van der Waals surface area contributed by atoms with Crippen molar-refractivity contribution in [3.8, 4) is 5.75 Å². The normalized spacial score (nSPS) is 15.7. The molecule has 26 heavy (non-hydrogen) atoms. The number of imidazole rings is 1. The Morgan fingerprint density at radius 1 is 1.04 bits per heavy atom. The molecule has 0 bridgehead atoms. The Morgan fingerprint density at radius 2 is 1.81 bits per heavy atom. The Balaban J connectivity index is 1.40. The molecule has 1 aromatic heterocycles. The predicted molar refractivity (Wildman–Crippen MR) is 104 cm³/mol. The number of hydrogen-bond acceptors (Lipinski definition) is 4. The van der Waals surface area contributed by atoms with Gasteiger partial charge in [0, 0.05) is 50.0 Å². The second-order valence-corrected chi connectivity index (χ2v) is 7.00. The minimum Gasteiger partial charge on any atom is -0.506 e. The SMILES string of the molecule is O=c1[nH]c2cccc(O)c2n1CCN1CCN(c2cccc(Cl)c2)CC1. The number of anilines is 1. The first-order valence-electron chi connectivity index (χ1n) is 8.75. The highest BCUT2D eigenvalue weighted by Gasteiger charge is 2.18. The number of H-pyrrole nitrogens is 1. The standard InChI is InChI=1S/C19H21ClN4O2/c20-14-3-1-4-15(13-14)23-10-7-22(8-11-23)9-12-24-18-16(21-19(24)26)5-2-6-17(18)25/h1-6,13,25H,7-12H2,(H,21,26). The maximum Gasteiger partial charge on any atom is 0.326 e. The van der Waals surface area contributed by atoms with E-state index in [9.17, 15) is 9.90 Å². The summed E-state index contributed by atoms with van der Waals surface area (Å²) < 4.78 is 1.62. The fourth-order valence-corrected chi connectivity index (χ4v) is 3.74. The van der Waals surface area contributed by atoms with E-state index in [0.29, 0.717) is 17.6 Å². The summed E-state index contributed by atoms with van der Waals surface area (Å²) in [5.41, 5.74) is 2.21. The average Bonchev–Trinajstić information content (AvgIpc) is 2.97. The van der Waals surface area contributed by atoms with Crippen LogP contribution < -0.4 is 10.6 Å². The zero-order chi connectivity index (χ0) is 18.1. The molecule has 0 unspecified atom stereocenters. The lowest BCUT2D eigenvalue weighted by Gasteiger charge is -2.36. The van der Waals surface area contributed by atoms with E-state index >= 15 is 0 Å². The van der Waals surface area contributed by atoms with E-state index in [4.69, 9.17) is 11.6 Å². The molecule has 1 aliphatic heterocycles. The molecule has 0 atom stereocenters. The number of phenolic OH excluding ortho intramolecular Hbond substituents is 1. The number of aromatic amines is 1. The summed E-state index contributed by atoms with van der Waals surface area (Å²) in [5, 5.41) is 10.8. The van der Waals surface area contributed by atoms with Gasteiger partial charge in [-0.15, -0.1) is 0 Å². The minimum atomic E-state index is -0.181. The van der Waals surface area contributed by atoms with Gasteiger partial charge in [-0.25, -0.2) is 4.79 Å². The first-order chi connectivity index (χ1) is 12.6. The van der Waals surface area contributed by atoms with Crippen LogP contribution in [-0.4, -0.2) is 52.3 Å². The Labute approximate surface area is 156 Å². The molecule has 0 saturated carbocycles. The summed E-state index contributed by atoms with van der Waals surface area (Å²) >= 11 is 6.08. The number of aromatic hydroxyl groups is 1. The Kier molecular flexibility index (Phi) is 4.61. The minimum absolute atomic E-state index is 0.131. The highest BCUT2D eigenvalue weighted by atomic mass is 35.5. The van der Waals surface area contributed by atoms with Crippen LogP contribution in [0.15, 0.2) is 47.3 Å². The molecule has 2 N–H and O–H groups in total. The van der Waals surface area contributed by atoms with Crippen LogP contribution >= 0.6 is 11.6 Å². The number of piperazine rings is 1. The second-order valence-electron chi connectivity index (χ2n) is 6.56. The molecule has 1 saturated heterocycles. The van der Waals surface area contributed by atoms with Crippen LogP contribution in [0.1, 0.15) is 0 Å². The molecule has 0 amide bonds. The summed E-state index contributed by atoms with van der Waals surface area (Å²) in [7, 11) is 0. The number of benzene rings is 2. The molecule has 0 aliphatic carbocycles. The molecule has 1 aliphatic rings. The maximum atomic E-state index is 12.2. The lowest BCUT2D eigenvalue weighted by Crippen LogP contribution is -2.47. The summed E-state index contributed by atoms with van der Waals surface area (Å²) in [6, 6.07) is 13.1. The fourth-order valence-electron chi connectivity index (χ4n) is 3.56. The topological polar surface area (TPSA) is 64.5 Å². The molecule has 136 valence electrons. The molecule has 4 rings (SSSR count). The zero-order valence-corrected chi connectivity index (χ0v) is 15.1. The highest BCUT2D eigenvalue weighted by Crippen LogP contribution is 2.22. The van der Waals surface area contributed by atoms with Crippen LogP contribution in [0.2, 0.25) is 5.02 Å². The van der Waals surface area contributed by atoms with Crippen LogP contribution in [0, 0.1) is 0 Å². The Morgan fingerprint density at radius 3 is 2.58 bits per heavy atom. The average molecular weight is 373 g/mol. The quantitative estimate of drug-likeness (QED) is 0.738. The van der Waals surface area contributed by atoms with Crippen molar-refractivity contribution >= 4 is 28.3 Å². The lowest BCUT2D eigenvalue weighted by molar-refractivity contribution is 0.248.